The molecule has 1 atom stereocenters. The van der Waals surface area contributed by atoms with E-state index in [0.717, 1.165) is 12.0 Å². The van der Waals surface area contributed by atoms with E-state index < -0.39 is 0 Å². The molecule has 1 aliphatic heterocycles. The normalized spacial score (nSPS) is 30.5. The Bertz CT molecular complexity index is 237. The van der Waals surface area contributed by atoms with E-state index in [1.165, 1.54) is 64.6 Å². The largest absolute Gasteiger partial charge is 0.310 e. The van der Waals surface area contributed by atoms with Gasteiger partial charge < -0.3 is 5.32 Å². The van der Waals surface area contributed by atoms with E-state index in [4.69, 9.17) is 0 Å². The van der Waals surface area contributed by atoms with Crippen LogP contribution in [0.3, 0.4) is 0 Å². The third-order valence-electron chi connectivity index (χ3n) is 4.70. The van der Waals surface area contributed by atoms with E-state index in [1.54, 1.807) is 0 Å². The van der Waals surface area contributed by atoms with E-state index in [2.05, 4.69) is 31.0 Å². The van der Waals surface area contributed by atoms with Gasteiger partial charge >= 0.3 is 0 Å². The van der Waals surface area contributed by atoms with Gasteiger partial charge in [-0.15, -0.1) is 0 Å². The minimum Gasteiger partial charge on any atom is -0.310 e. The van der Waals surface area contributed by atoms with Crippen molar-refractivity contribution in [3.8, 4) is 0 Å². The average molecular weight is 252 g/mol. The summed E-state index contributed by atoms with van der Waals surface area (Å²) in [5.74, 6) is 0.790. The lowest BCUT2D eigenvalue weighted by Gasteiger charge is -2.42. The first kappa shape index (κ1) is 14.3. The van der Waals surface area contributed by atoms with E-state index in [9.17, 15) is 0 Å². The molecule has 0 amide bonds. The molecule has 106 valence electrons. The van der Waals surface area contributed by atoms with Gasteiger partial charge in [0.25, 0.3) is 0 Å². The third kappa shape index (κ3) is 3.96. The van der Waals surface area contributed by atoms with E-state index in [1.807, 2.05) is 0 Å². The Morgan fingerprint density at radius 2 is 1.89 bits per heavy atom. The number of piperidine rings is 1. The summed E-state index contributed by atoms with van der Waals surface area (Å²) in [5.41, 5.74) is 0.371. The number of hydrogen-bond acceptors (Lipinski definition) is 2. The van der Waals surface area contributed by atoms with Gasteiger partial charge in [-0.25, -0.2) is 0 Å². The Balaban J connectivity index is 1.94. The van der Waals surface area contributed by atoms with E-state index in [-0.39, 0.29) is 0 Å². The lowest BCUT2D eigenvalue weighted by atomic mass is 9.89. The fourth-order valence-corrected chi connectivity index (χ4v) is 3.78. The van der Waals surface area contributed by atoms with Crippen LogP contribution in [0.1, 0.15) is 65.7 Å². The first-order valence-corrected chi connectivity index (χ1v) is 8.08. The van der Waals surface area contributed by atoms with Gasteiger partial charge in [0.2, 0.25) is 0 Å². The van der Waals surface area contributed by atoms with Crippen LogP contribution in [0, 0.1) is 5.92 Å². The van der Waals surface area contributed by atoms with Crippen molar-refractivity contribution in [1.29, 1.82) is 0 Å². The Kier molecular flexibility index (Phi) is 5.08. The van der Waals surface area contributed by atoms with Crippen molar-refractivity contribution >= 4 is 0 Å². The predicted octanol–water partition coefficient (Wildman–Crippen LogP) is 3.42. The lowest BCUT2D eigenvalue weighted by molar-refractivity contribution is 0.112. The summed E-state index contributed by atoms with van der Waals surface area (Å²) >= 11 is 0. The van der Waals surface area contributed by atoms with Crippen LogP contribution >= 0.6 is 0 Å². The molecule has 1 N–H and O–H groups in total. The van der Waals surface area contributed by atoms with Crippen LogP contribution < -0.4 is 5.32 Å². The molecule has 1 unspecified atom stereocenters. The summed E-state index contributed by atoms with van der Waals surface area (Å²) in [5, 5.41) is 3.78. The van der Waals surface area contributed by atoms with Crippen molar-refractivity contribution in [2.24, 2.45) is 5.92 Å². The highest BCUT2D eigenvalue weighted by Gasteiger charge is 2.32. The van der Waals surface area contributed by atoms with Crippen LogP contribution in [-0.2, 0) is 0 Å². The molecule has 0 bridgehead atoms. The maximum Gasteiger partial charge on any atom is 0.0280 e. The molecule has 2 rings (SSSR count). The second-order valence-electron chi connectivity index (χ2n) is 7.21. The second kappa shape index (κ2) is 6.38. The van der Waals surface area contributed by atoms with Crippen molar-refractivity contribution in [3.05, 3.63) is 0 Å². The highest BCUT2D eigenvalue weighted by atomic mass is 15.2. The Morgan fingerprint density at radius 1 is 1.17 bits per heavy atom. The summed E-state index contributed by atoms with van der Waals surface area (Å²) in [6.07, 6.45) is 9.89. The van der Waals surface area contributed by atoms with Gasteiger partial charge in [0.05, 0.1) is 0 Å². The van der Waals surface area contributed by atoms with Crippen LogP contribution in [0.2, 0.25) is 0 Å². The molecule has 1 saturated carbocycles. The van der Waals surface area contributed by atoms with Crippen LogP contribution in [0.5, 0.6) is 0 Å². The Morgan fingerprint density at radius 3 is 2.44 bits per heavy atom. The standard InChI is InChI=1S/C16H32N2/c1-14(2)12-18(15-8-4-5-9-15)13-16(3)10-6-7-11-17-16/h14-15,17H,4-13H2,1-3H3. The van der Waals surface area contributed by atoms with Crippen molar-refractivity contribution < 1.29 is 0 Å². The fraction of sp³-hybridized carbons (Fsp3) is 1.00. The highest BCUT2D eigenvalue weighted by Crippen LogP contribution is 2.28. The van der Waals surface area contributed by atoms with E-state index in [0.29, 0.717) is 5.54 Å². The average Bonchev–Trinajstić information content (AvgIpc) is 2.81. The monoisotopic (exact) mass is 252 g/mol. The van der Waals surface area contributed by atoms with Gasteiger partial charge in [-0.05, 0) is 45.1 Å². The van der Waals surface area contributed by atoms with Crippen molar-refractivity contribution in [2.75, 3.05) is 19.6 Å². The molecular weight excluding hydrogens is 220 g/mol. The van der Waals surface area contributed by atoms with Gasteiger partial charge in [0, 0.05) is 24.7 Å². The molecule has 1 heterocycles. The molecular formula is C16H32N2. The third-order valence-corrected chi connectivity index (χ3v) is 4.70. The fourth-order valence-electron chi connectivity index (χ4n) is 3.78. The van der Waals surface area contributed by atoms with Crippen LogP contribution in [-0.4, -0.2) is 36.1 Å². The minimum atomic E-state index is 0.371. The van der Waals surface area contributed by atoms with Gasteiger partial charge in [-0.1, -0.05) is 33.1 Å². The molecule has 18 heavy (non-hydrogen) atoms. The lowest BCUT2D eigenvalue weighted by Crippen LogP contribution is -2.55. The Hall–Kier alpha value is -0.0800. The molecule has 2 heteroatoms. The van der Waals surface area contributed by atoms with Crippen LogP contribution in [0.25, 0.3) is 0 Å². The number of hydrogen-bond donors (Lipinski definition) is 1. The number of nitrogens with zero attached hydrogens (tertiary/aromatic N) is 1. The number of nitrogens with one attached hydrogen (secondary N) is 1. The molecule has 1 aliphatic carbocycles. The molecule has 1 saturated heterocycles. The molecule has 2 aliphatic rings. The molecule has 2 fully saturated rings. The van der Waals surface area contributed by atoms with Gasteiger partial charge in [-0.3, -0.25) is 4.90 Å². The SMILES string of the molecule is CC(C)CN(CC1(C)CCCCN1)C1CCCC1. The van der Waals surface area contributed by atoms with Crippen LogP contribution in [0.15, 0.2) is 0 Å². The zero-order valence-electron chi connectivity index (χ0n) is 12.7. The summed E-state index contributed by atoms with van der Waals surface area (Å²) in [7, 11) is 0. The molecule has 2 nitrogen and oxygen atoms in total. The molecule has 0 aromatic rings. The first-order valence-electron chi connectivity index (χ1n) is 8.08. The van der Waals surface area contributed by atoms with Crippen molar-refractivity contribution in [2.45, 2.75) is 77.3 Å². The van der Waals surface area contributed by atoms with Crippen molar-refractivity contribution in [1.82, 2.24) is 10.2 Å². The zero-order valence-corrected chi connectivity index (χ0v) is 12.7. The summed E-state index contributed by atoms with van der Waals surface area (Å²) in [4.78, 5) is 2.80. The quantitative estimate of drug-likeness (QED) is 0.806. The molecule has 0 aromatic heterocycles. The minimum absolute atomic E-state index is 0.371. The zero-order chi connectivity index (χ0) is 13.0. The van der Waals surface area contributed by atoms with E-state index >= 15 is 0 Å². The summed E-state index contributed by atoms with van der Waals surface area (Å²) < 4.78 is 0. The Labute approximate surface area is 114 Å². The number of rotatable bonds is 5. The molecule has 0 radical (unpaired) electrons. The van der Waals surface area contributed by atoms with Crippen molar-refractivity contribution in [3.63, 3.8) is 0 Å². The summed E-state index contributed by atoms with van der Waals surface area (Å²) in [6.45, 7) is 10.9. The van der Waals surface area contributed by atoms with Gasteiger partial charge in [0.1, 0.15) is 0 Å². The molecule has 0 aromatic carbocycles. The second-order valence-corrected chi connectivity index (χ2v) is 7.21. The van der Waals surface area contributed by atoms with Gasteiger partial charge in [-0.2, -0.15) is 0 Å². The topological polar surface area (TPSA) is 15.3 Å². The predicted molar refractivity (Wildman–Crippen MR) is 78.9 cm³/mol. The smallest absolute Gasteiger partial charge is 0.0280 e. The molecule has 0 spiro atoms. The maximum absolute atomic E-state index is 3.78. The highest BCUT2D eigenvalue weighted by molar-refractivity contribution is 4.92. The summed E-state index contributed by atoms with van der Waals surface area (Å²) in [6, 6.07) is 0.868. The van der Waals surface area contributed by atoms with Gasteiger partial charge in [0.15, 0.2) is 0 Å². The maximum atomic E-state index is 3.78. The van der Waals surface area contributed by atoms with Crippen LogP contribution in [0.4, 0.5) is 0 Å². The first-order chi connectivity index (χ1) is 8.59.